The van der Waals surface area contributed by atoms with Gasteiger partial charge >= 0.3 is 6.03 Å². The van der Waals surface area contributed by atoms with E-state index in [0.29, 0.717) is 6.54 Å². The van der Waals surface area contributed by atoms with E-state index in [-0.39, 0.29) is 11.8 Å². The zero-order valence-electron chi connectivity index (χ0n) is 13.2. The van der Waals surface area contributed by atoms with Gasteiger partial charge in [0.25, 0.3) is 0 Å². The smallest absolute Gasteiger partial charge is 0.315 e. The Balaban J connectivity index is 3.47. The molecule has 0 atom stereocenters. The number of carbonyl (C=O) groups is 2. The molecule has 0 saturated carbocycles. The molecule has 3 N–H and O–H groups in total. The van der Waals surface area contributed by atoms with Gasteiger partial charge in [-0.3, -0.25) is 4.79 Å². The van der Waals surface area contributed by atoms with E-state index in [0.717, 1.165) is 13.1 Å². The topological polar surface area (TPSA) is 70.2 Å². The monoisotopic (exact) mass is 303 g/mol. The number of ketones is 1. The highest BCUT2D eigenvalue weighted by molar-refractivity contribution is 7.98. The fraction of sp³-hybridized carbons (Fsp3) is 0.857. The van der Waals surface area contributed by atoms with Crippen molar-refractivity contribution in [3.63, 3.8) is 0 Å². The summed E-state index contributed by atoms with van der Waals surface area (Å²) in [5.74, 6) is 1.17. The van der Waals surface area contributed by atoms with Gasteiger partial charge in [0.05, 0.1) is 5.54 Å². The summed E-state index contributed by atoms with van der Waals surface area (Å²) in [5, 5.41) is 8.68. The molecular weight excluding hydrogens is 274 g/mol. The molecule has 0 aromatic rings. The summed E-state index contributed by atoms with van der Waals surface area (Å²) in [6.45, 7) is 7.15. The van der Waals surface area contributed by atoms with Crippen molar-refractivity contribution in [1.29, 1.82) is 0 Å². The number of carbonyl (C=O) groups excluding carboxylic acids is 2. The molecule has 20 heavy (non-hydrogen) atoms. The van der Waals surface area contributed by atoms with Crippen molar-refractivity contribution in [2.75, 3.05) is 31.6 Å². The number of urea groups is 1. The molecule has 0 aliphatic heterocycles. The lowest BCUT2D eigenvalue weighted by Crippen LogP contribution is -2.53. The van der Waals surface area contributed by atoms with Gasteiger partial charge in [0, 0.05) is 13.1 Å². The van der Waals surface area contributed by atoms with Gasteiger partial charge in [-0.25, -0.2) is 4.79 Å². The van der Waals surface area contributed by atoms with Crippen molar-refractivity contribution < 1.29 is 9.59 Å². The van der Waals surface area contributed by atoms with Gasteiger partial charge in [-0.2, -0.15) is 11.8 Å². The van der Waals surface area contributed by atoms with Crippen molar-refractivity contribution in [3.8, 4) is 0 Å². The third-order valence-corrected chi connectivity index (χ3v) is 3.79. The number of Topliss-reactive ketones (excluding diaryl/α,β-unsaturated/α-hetero) is 1. The van der Waals surface area contributed by atoms with Crippen LogP contribution in [0.1, 0.15) is 40.0 Å². The van der Waals surface area contributed by atoms with Gasteiger partial charge in [-0.15, -0.1) is 0 Å². The second kappa shape index (κ2) is 11.0. The first kappa shape index (κ1) is 19.2. The SMILES string of the molecule is CSCCCCCNCCNC(=O)NC(C)(C)C(C)=O. The highest BCUT2D eigenvalue weighted by Crippen LogP contribution is 2.02. The van der Waals surface area contributed by atoms with Gasteiger partial charge < -0.3 is 16.0 Å². The molecule has 0 aliphatic rings. The molecule has 0 unspecified atom stereocenters. The third kappa shape index (κ3) is 10.1. The minimum Gasteiger partial charge on any atom is -0.337 e. The van der Waals surface area contributed by atoms with Crippen molar-refractivity contribution in [2.24, 2.45) is 0 Å². The van der Waals surface area contributed by atoms with Gasteiger partial charge in [0.2, 0.25) is 0 Å². The van der Waals surface area contributed by atoms with Crippen LogP contribution in [0.15, 0.2) is 0 Å². The summed E-state index contributed by atoms with van der Waals surface area (Å²) in [7, 11) is 0. The minimum atomic E-state index is -0.811. The Hall–Kier alpha value is -0.750. The predicted octanol–water partition coefficient (Wildman–Crippen LogP) is 1.78. The molecule has 5 nitrogen and oxygen atoms in total. The summed E-state index contributed by atoms with van der Waals surface area (Å²) in [6.07, 6.45) is 5.81. The molecule has 0 fully saturated rings. The van der Waals surface area contributed by atoms with Crippen LogP contribution in [0.5, 0.6) is 0 Å². The Labute approximate surface area is 127 Å². The van der Waals surface area contributed by atoms with Gasteiger partial charge in [0.1, 0.15) is 0 Å². The molecule has 2 amide bonds. The van der Waals surface area contributed by atoms with Crippen molar-refractivity contribution in [2.45, 2.75) is 45.6 Å². The normalized spacial score (nSPS) is 11.2. The Morgan fingerprint density at radius 1 is 1.05 bits per heavy atom. The van der Waals surface area contributed by atoms with Crippen molar-refractivity contribution >= 4 is 23.6 Å². The Morgan fingerprint density at radius 2 is 1.75 bits per heavy atom. The number of thioether (sulfide) groups is 1. The van der Waals surface area contributed by atoms with Crippen LogP contribution in [0.3, 0.4) is 0 Å². The Morgan fingerprint density at radius 3 is 2.35 bits per heavy atom. The first-order valence-corrected chi connectivity index (χ1v) is 8.56. The summed E-state index contributed by atoms with van der Waals surface area (Å²) in [5.41, 5.74) is -0.811. The maximum Gasteiger partial charge on any atom is 0.315 e. The highest BCUT2D eigenvalue weighted by Gasteiger charge is 2.25. The van der Waals surface area contributed by atoms with Crippen LogP contribution in [0.2, 0.25) is 0 Å². The molecule has 0 aliphatic carbocycles. The van der Waals surface area contributed by atoms with Crippen molar-refractivity contribution in [1.82, 2.24) is 16.0 Å². The first-order valence-electron chi connectivity index (χ1n) is 7.17. The number of hydrogen-bond donors (Lipinski definition) is 3. The van der Waals surface area contributed by atoms with Crippen LogP contribution in [-0.4, -0.2) is 49.0 Å². The van der Waals surface area contributed by atoms with E-state index in [9.17, 15) is 9.59 Å². The summed E-state index contributed by atoms with van der Waals surface area (Å²) in [6, 6.07) is -0.299. The van der Waals surface area contributed by atoms with E-state index in [1.807, 2.05) is 11.8 Å². The first-order chi connectivity index (χ1) is 9.40. The van der Waals surface area contributed by atoms with Crippen LogP contribution in [0.4, 0.5) is 4.79 Å². The number of hydrogen-bond acceptors (Lipinski definition) is 4. The number of amides is 2. The lowest BCUT2D eigenvalue weighted by Gasteiger charge is -2.23. The molecule has 0 rings (SSSR count). The Kier molecular flexibility index (Phi) is 10.6. The average molecular weight is 303 g/mol. The van der Waals surface area contributed by atoms with Crippen LogP contribution in [0.25, 0.3) is 0 Å². The summed E-state index contributed by atoms with van der Waals surface area (Å²) in [4.78, 5) is 22.8. The molecule has 0 aromatic carbocycles. The predicted molar refractivity (Wildman–Crippen MR) is 86.4 cm³/mol. The van der Waals surface area contributed by atoms with Crippen LogP contribution in [-0.2, 0) is 4.79 Å². The van der Waals surface area contributed by atoms with E-state index in [1.54, 1.807) is 13.8 Å². The fourth-order valence-electron chi connectivity index (χ4n) is 1.48. The largest absolute Gasteiger partial charge is 0.337 e. The minimum absolute atomic E-state index is 0.0592. The van der Waals surface area contributed by atoms with E-state index < -0.39 is 5.54 Å². The van der Waals surface area contributed by atoms with Crippen LogP contribution in [0, 0.1) is 0 Å². The fourth-order valence-corrected chi connectivity index (χ4v) is 1.97. The van der Waals surface area contributed by atoms with E-state index in [1.165, 1.54) is 31.9 Å². The molecule has 0 saturated heterocycles. The second-order valence-electron chi connectivity index (χ2n) is 5.37. The molecule has 0 radical (unpaired) electrons. The molecule has 6 heteroatoms. The Bertz CT molecular complexity index is 296. The second-order valence-corrected chi connectivity index (χ2v) is 6.35. The van der Waals surface area contributed by atoms with Crippen LogP contribution < -0.4 is 16.0 Å². The molecule has 0 spiro atoms. The number of unbranched alkanes of at least 4 members (excludes halogenated alkanes) is 2. The van der Waals surface area contributed by atoms with Gasteiger partial charge in [0.15, 0.2) is 5.78 Å². The summed E-state index contributed by atoms with van der Waals surface area (Å²) >= 11 is 1.88. The molecule has 0 bridgehead atoms. The summed E-state index contributed by atoms with van der Waals surface area (Å²) < 4.78 is 0. The molecule has 0 aromatic heterocycles. The lowest BCUT2D eigenvalue weighted by atomic mass is 10.0. The molecule has 118 valence electrons. The van der Waals surface area contributed by atoms with Crippen molar-refractivity contribution in [3.05, 3.63) is 0 Å². The maximum absolute atomic E-state index is 11.6. The number of nitrogens with one attached hydrogen (secondary N) is 3. The lowest BCUT2D eigenvalue weighted by molar-refractivity contribution is -0.121. The zero-order valence-corrected chi connectivity index (χ0v) is 14.0. The molecule has 0 heterocycles. The van der Waals surface area contributed by atoms with Gasteiger partial charge in [-0.1, -0.05) is 6.42 Å². The average Bonchev–Trinajstić information content (AvgIpc) is 2.36. The number of rotatable bonds is 11. The quantitative estimate of drug-likeness (QED) is 0.509. The standard InChI is InChI=1S/C14H29N3O2S/c1-12(18)14(2,3)17-13(19)16-10-9-15-8-6-5-7-11-20-4/h15H,5-11H2,1-4H3,(H2,16,17,19). The van der Waals surface area contributed by atoms with E-state index in [2.05, 4.69) is 22.2 Å². The van der Waals surface area contributed by atoms with E-state index >= 15 is 0 Å². The van der Waals surface area contributed by atoms with E-state index in [4.69, 9.17) is 0 Å². The van der Waals surface area contributed by atoms with Crippen LogP contribution >= 0.6 is 11.8 Å². The molecular formula is C14H29N3O2S. The zero-order chi connectivity index (χ0) is 15.4. The van der Waals surface area contributed by atoms with Gasteiger partial charge in [-0.05, 0) is 52.2 Å². The maximum atomic E-state index is 11.6. The third-order valence-electron chi connectivity index (χ3n) is 3.10. The highest BCUT2D eigenvalue weighted by atomic mass is 32.2.